The van der Waals surface area contributed by atoms with Crippen LogP contribution in [0.2, 0.25) is 0 Å². The van der Waals surface area contributed by atoms with Crippen molar-refractivity contribution in [1.82, 2.24) is 4.98 Å². The van der Waals surface area contributed by atoms with Crippen molar-refractivity contribution in [2.75, 3.05) is 11.5 Å². The van der Waals surface area contributed by atoms with Crippen molar-refractivity contribution in [3.8, 4) is 0 Å². The van der Waals surface area contributed by atoms with E-state index in [1.807, 2.05) is 0 Å². The summed E-state index contributed by atoms with van der Waals surface area (Å²) in [4.78, 5) is 3.68. The maximum Gasteiger partial charge on any atom is 0.294 e. The fourth-order valence-electron chi connectivity index (χ4n) is 1.20. The van der Waals surface area contributed by atoms with Gasteiger partial charge in [-0.25, -0.2) is 4.98 Å². The number of nitrogens with two attached hydrogens (primary N) is 2. The van der Waals surface area contributed by atoms with Gasteiger partial charge in [-0.3, -0.25) is 4.55 Å². The Morgan fingerprint density at radius 3 is 2.60 bits per heavy atom. The lowest BCUT2D eigenvalue weighted by Crippen LogP contribution is -1.99. The molecule has 0 bridgehead atoms. The molecule has 1 aromatic carbocycles. The van der Waals surface area contributed by atoms with Gasteiger partial charge in [0.1, 0.15) is 5.52 Å². The lowest BCUT2D eigenvalue weighted by atomic mass is 10.3. The van der Waals surface area contributed by atoms with E-state index in [1.165, 1.54) is 6.07 Å². The molecule has 1 aromatic heterocycles. The number of rotatable bonds is 1. The van der Waals surface area contributed by atoms with E-state index in [0.29, 0.717) is 15.3 Å². The summed E-state index contributed by atoms with van der Waals surface area (Å²) in [6.45, 7) is 0. The van der Waals surface area contributed by atoms with Crippen LogP contribution in [-0.2, 0) is 10.1 Å². The maximum absolute atomic E-state index is 10.9. The summed E-state index contributed by atoms with van der Waals surface area (Å²) >= 11 is 1.11. The maximum atomic E-state index is 10.9. The van der Waals surface area contributed by atoms with Gasteiger partial charge >= 0.3 is 0 Å². The highest BCUT2D eigenvalue weighted by molar-refractivity contribution is 7.85. The standard InChI is InChI=1S/C7H7N3O3S2/c8-4-1-3(15(11,12)13)2-5-6(4)10-7(9)14-5/h1-2H,8H2,(H2,9,10)(H,11,12,13). The smallest absolute Gasteiger partial charge is 0.294 e. The predicted molar refractivity (Wildman–Crippen MR) is 58.3 cm³/mol. The molecule has 2 aromatic rings. The number of nitrogen functional groups attached to an aromatic ring is 2. The Bertz CT molecular complexity index is 632. The highest BCUT2D eigenvalue weighted by Gasteiger charge is 2.14. The summed E-state index contributed by atoms with van der Waals surface area (Å²) in [7, 11) is -4.25. The second-order valence-electron chi connectivity index (χ2n) is 2.89. The zero-order valence-corrected chi connectivity index (χ0v) is 8.97. The van der Waals surface area contributed by atoms with Crippen LogP contribution in [-0.4, -0.2) is 18.0 Å². The van der Waals surface area contributed by atoms with Gasteiger partial charge < -0.3 is 11.5 Å². The number of benzene rings is 1. The third kappa shape index (κ3) is 1.74. The van der Waals surface area contributed by atoms with Crippen LogP contribution in [0.5, 0.6) is 0 Å². The molecule has 0 fully saturated rings. The molecule has 0 atom stereocenters. The monoisotopic (exact) mass is 245 g/mol. The minimum Gasteiger partial charge on any atom is -0.397 e. The first-order valence-corrected chi connectivity index (χ1v) is 6.06. The van der Waals surface area contributed by atoms with Crippen LogP contribution in [0.4, 0.5) is 10.8 Å². The average molecular weight is 245 g/mol. The summed E-state index contributed by atoms with van der Waals surface area (Å²) in [6, 6.07) is 2.44. The zero-order valence-electron chi connectivity index (χ0n) is 7.34. The number of hydrogen-bond donors (Lipinski definition) is 3. The minimum atomic E-state index is -4.25. The molecule has 1 heterocycles. The molecule has 0 amide bonds. The van der Waals surface area contributed by atoms with Gasteiger partial charge in [0, 0.05) is 0 Å². The SMILES string of the molecule is Nc1nc2c(N)cc(S(=O)(=O)O)cc2s1. The molecule has 15 heavy (non-hydrogen) atoms. The molecule has 0 aliphatic rings. The largest absolute Gasteiger partial charge is 0.397 e. The van der Waals surface area contributed by atoms with E-state index in [4.69, 9.17) is 16.0 Å². The molecule has 0 spiro atoms. The average Bonchev–Trinajstić information content (AvgIpc) is 2.44. The van der Waals surface area contributed by atoms with Crippen LogP contribution in [0.15, 0.2) is 17.0 Å². The Balaban J connectivity index is 2.84. The number of anilines is 2. The molecule has 0 radical (unpaired) electrons. The molecule has 0 unspecified atom stereocenters. The number of fused-ring (bicyclic) bond motifs is 1. The predicted octanol–water partition coefficient (Wildman–Crippen LogP) is 0.707. The summed E-state index contributed by atoms with van der Waals surface area (Å²) in [6.07, 6.45) is 0. The van der Waals surface area contributed by atoms with Crippen LogP contribution in [0.25, 0.3) is 10.2 Å². The van der Waals surface area contributed by atoms with Crippen molar-refractivity contribution in [3.05, 3.63) is 12.1 Å². The lowest BCUT2D eigenvalue weighted by Gasteiger charge is -1.99. The van der Waals surface area contributed by atoms with Gasteiger partial charge in [0.05, 0.1) is 15.3 Å². The van der Waals surface area contributed by atoms with Crippen molar-refractivity contribution in [2.24, 2.45) is 0 Å². The first-order valence-electron chi connectivity index (χ1n) is 3.81. The number of aromatic nitrogens is 1. The topological polar surface area (TPSA) is 119 Å². The number of nitrogens with zero attached hydrogens (tertiary/aromatic N) is 1. The zero-order chi connectivity index (χ0) is 11.2. The van der Waals surface area contributed by atoms with Gasteiger partial charge in [0.2, 0.25) is 0 Å². The Kier molecular flexibility index (Phi) is 2.07. The molecule has 0 aliphatic carbocycles. The van der Waals surface area contributed by atoms with Crippen molar-refractivity contribution in [1.29, 1.82) is 0 Å². The second-order valence-corrected chi connectivity index (χ2v) is 5.37. The Labute approximate surface area is 89.3 Å². The fourth-order valence-corrected chi connectivity index (χ4v) is 2.62. The van der Waals surface area contributed by atoms with Crippen molar-refractivity contribution < 1.29 is 13.0 Å². The van der Waals surface area contributed by atoms with E-state index < -0.39 is 10.1 Å². The highest BCUT2D eigenvalue weighted by Crippen LogP contribution is 2.30. The third-order valence-electron chi connectivity index (χ3n) is 1.81. The first-order chi connectivity index (χ1) is 6.88. The van der Waals surface area contributed by atoms with Gasteiger partial charge in [-0.15, -0.1) is 0 Å². The van der Waals surface area contributed by atoms with E-state index in [2.05, 4.69) is 4.98 Å². The molecular weight excluding hydrogens is 238 g/mol. The minimum absolute atomic E-state index is 0.174. The van der Waals surface area contributed by atoms with Gasteiger partial charge in [0.25, 0.3) is 10.1 Å². The van der Waals surface area contributed by atoms with Gasteiger partial charge in [-0.1, -0.05) is 11.3 Å². The van der Waals surface area contributed by atoms with Gasteiger partial charge in [-0.2, -0.15) is 8.42 Å². The summed E-state index contributed by atoms with van der Waals surface area (Å²) in [5, 5.41) is 0.296. The van der Waals surface area contributed by atoms with E-state index in [-0.39, 0.29) is 10.6 Å². The van der Waals surface area contributed by atoms with Crippen LogP contribution in [0.1, 0.15) is 0 Å². The van der Waals surface area contributed by atoms with Crippen molar-refractivity contribution in [2.45, 2.75) is 4.90 Å². The fraction of sp³-hybridized carbons (Fsp3) is 0. The molecule has 2 rings (SSSR count). The first kappa shape index (κ1) is 10.1. The van der Waals surface area contributed by atoms with Crippen molar-refractivity contribution >= 4 is 42.5 Å². The molecule has 0 aliphatic heterocycles. The second kappa shape index (κ2) is 3.05. The van der Waals surface area contributed by atoms with Crippen LogP contribution in [0.3, 0.4) is 0 Å². The quantitative estimate of drug-likeness (QED) is 0.502. The Hall–Kier alpha value is -1.38. The highest BCUT2D eigenvalue weighted by atomic mass is 32.2. The normalized spacial score (nSPS) is 12.1. The molecule has 0 saturated heterocycles. The van der Waals surface area contributed by atoms with E-state index in [1.54, 1.807) is 0 Å². The summed E-state index contributed by atoms with van der Waals surface area (Å²) in [5.74, 6) is 0. The van der Waals surface area contributed by atoms with Crippen molar-refractivity contribution in [3.63, 3.8) is 0 Å². The Morgan fingerprint density at radius 2 is 2.00 bits per heavy atom. The van der Waals surface area contributed by atoms with E-state index in [0.717, 1.165) is 17.4 Å². The molecule has 8 heteroatoms. The van der Waals surface area contributed by atoms with E-state index in [9.17, 15) is 8.42 Å². The van der Waals surface area contributed by atoms with Crippen LogP contribution in [0, 0.1) is 0 Å². The third-order valence-corrected chi connectivity index (χ3v) is 3.48. The molecule has 5 N–H and O–H groups in total. The summed E-state index contributed by atoms with van der Waals surface area (Å²) in [5.41, 5.74) is 11.7. The summed E-state index contributed by atoms with van der Waals surface area (Å²) < 4.78 is 31.2. The molecule has 80 valence electrons. The van der Waals surface area contributed by atoms with Crippen LogP contribution >= 0.6 is 11.3 Å². The Morgan fingerprint density at radius 1 is 1.33 bits per heavy atom. The number of hydrogen-bond acceptors (Lipinski definition) is 6. The molecular formula is C7H7N3O3S2. The van der Waals surface area contributed by atoms with E-state index >= 15 is 0 Å². The number of thiazole rings is 1. The molecule has 0 saturated carbocycles. The van der Waals surface area contributed by atoms with Gasteiger partial charge in [0.15, 0.2) is 5.13 Å². The lowest BCUT2D eigenvalue weighted by molar-refractivity contribution is 0.483. The van der Waals surface area contributed by atoms with Crippen LogP contribution < -0.4 is 11.5 Å². The molecule has 6 nitrogen and oxygen atoms in total. The van der Waals surface area contributed by atoms with Gasteiger partial charge in [-0.05, 0) is 12.1 Å².